The lowest BCUT2D eigenvalue weighted by Gasteiger charge is -2.13. The number of hydrogen-bond donors (Lipinski definition) is 3. The average Bonchev–Trinajstić information content (AvgIpc) is 2.80. The van der Waals surface area contributed by atoms with E-state index in [9.17, 15) is 4.79 Å². The van der Waals surface area contributed by atoms with E-state index in [0.29, 0.717) is 6.42 Å². The summed E-state index contributed by atoms with van der Waals surface area (Å²) in [5.74, 6) is -0.940. The number of carbonyl (C=O) groups is 1. The normalized spacial score (nSPS) is 12.5. The first-order chi connectivity index (χ1) is 15.1. The molecular formula is C26H37N3O2. The van der Waals surface area contributed by atoms with Gasteiger partial charge in [0.2, 0.25) is 5.91 Å². The molecule has 31 heavy (non-hydrogen) atoms. The van der Waals surface area contributed by atoms with E-state index in [4.69, 9.17) is 10.9 Å². The first-order valence-electron chi connectivity index (χ1n) is 11.5. The summed E-state index contributed by atoms with van der Waals surface area (Å²) in [7, 11) is 0. The number of oxime groups is 1. The summed E-state index contributed by atoms with van der Waals surface area (Å²) in [6.45, 7) is 1.83. The molecule has 5 heteroatoms. The van der Waals surface area contributed by atoms with Crippen molar-refractivity contribution in [2.75, 3.05) is 5.32 Å². The van der Waals surface area contributed by atoms with E-state index in [0.717, 1.165) is 12.1 Å². The predicted molar refractivity (Wildman–Crippen MR) is 128 cm³/mol. The maximum atomic E-state index is 12.3. The Balaban J connectivity index is 1.56. The molecule has 0 aliphatic rings. The highest BCUT2D eigenvalue weighted by Crippen LogP contribution is 2.16. The maximum absolute atomic E-state index is 12.3. The molecule has 2 aromatic carbocycles. The van der Waals surface area contributed by atoms with E-state index in [-0.39, 0.29) is 11.7 Å². The third kappa shape index (κ3) is 9.24. The number of amidine groups is 1. The van der Waals surface area contributed by atoms with Crippen LogP contribution in [-0.2, 0) is 17.6 Å². The van der Waals surface area contributed by atoms with E-state index in [1.165, 1.54) is 62.5 Å². The van der Waals surface area contributed by atoms with E-state index in [1.807, 2.05) is 19.1 Å². The number of aryl methyl sites for hydroxylation is 2. The van der Waals surface area contributed by atoms with Gasteiger partial charge in [0.15, 0.2) is 5.84 Å². The summed E-state index contributed by atoms with van der Waals surface area (Å²) in [6, 6.07) is 18.7. The van der Waals surface area contributed by atoms with Gasteiger partial charge in [0.25, 0.3) is 0 Å². The number of unbranched alkanes of at least 4 members (excludes halogenated alkanes) is 6. The molecule has 0 saturated heterocycles. The van der Waals surface area contributed by atoms with Gasteiger partial charge >= 0.3 is 0 Å². The van der Waals surface area contributed by atoms with Gasteiger partial charge in [0.05, 0.1) is 5.92 Å². The number of nitrogens with zero attached hydrogens (tertiary/aromatic N) is 1. The number of amides is 1. The summed E-state index contributed by atoms with van der Waals surface area (Å²) in [4.78, 5) is 12.3. The Bertz CT molecular complexity index is 788. The minimum absolute atomic E-state index is 0.0622. The highest BCUT2D eigenvalue weighted by molar-refractivity contribution is 6.07. The molecule has 4 N–H and O–H groups in total. The Labute approximate surface area is 186 Å². The molecule has 0 saturated carbocycles. The number of nitrogens with one attached hydrogen (secondary N) is 1. The van der Waals surface area contributed by atoms with Gasteiger partial charge in [-0.15, -0.1) is 0 Å². The van der Waals surface area contributed by atoms with Crippen molar-refractivity contribution in [1.29, 1.82) is 0 Å². The van der Waals surface area contributed by atoms with Crippen LogP contribution in [0, 0.1) is 5.92 Å². The largest absolute Gasteiger partial charge is 0.409 e. The number of hydrogen-bond acceptors (Lipinski definition) is 3. The minimum Gasteiger partial charge on any atom is -0.409 e. The van der Waals surface area contributed by atoms with Crippen molar-refractivity contribution in [3.05, 3.63) is 65.7 Å². The van der Waals surface area contributed by atoms with Gasteiger partial charge in [-0.25, -0.2) is 0 Å². The Kier molecular flexibility index (Phi) is 11.2. The number of anilines is 1. The monoisotopic (exact) mass is 423 g/mol. The van der Waals surface area contributed by atoms with Gasteiger partial charge in [0.1, 0.15) is 0 Å². The highest BCUT2D eigenvalue weighted by Gasteiger charge is 2.21. The number of nitrogens with two attached hydrogens (primary N) is 1. The Morgan fingerprint density at radius 3 is 1.90 bits per heavy atom. The van der Waals surface area contributed by atoms with E-state index < -0.39 is 5.92 Å². The van der Waals surface area contributed by atoms with Crippen LogP contribution in [0.2, 0.25) is 0 Å². The summed E-state index contributed by atoms with van der Waals surface area (Å²) >= 11 is 0. The van der Waals surface area contributed by atoms with Crippen LogP contribution < -0.4 is 11.1 Å². The molecule has 0 aromatic heterocycles. The predicted octanol–water partition coefficient (Wildman–Crippen LogP) is 5.91. The third-order valence-corrected chi connectivity index (χ3v) is 5.69. The Morgan fingerprint density at radius 1 is 0.871 bits per heavy atom. The van der Waals surface area contributed by atoms with E-state index >= 15 is 0 Å². The first kappa shape index (κ1) is 24.4. The smallest absolute Gasteiger partial charge is 0.235 e. The lowest BCUT2D eigenvalue weighted by molar-refractivity contribution is -0.118. The quantitative estimate of drug-likeness (QED) is 0.116. The van der Waals surface area contributed by atoms with Gasteiger partial charge in [-0.05, 0) is 55.4 Å². The fraction of sp³-hybridized carbons (Fsp3) is 0.462. The van der Waals surface area contributed by atoms with Gasteiger partial charge < -0.3 is 16.3 Å². The van der Waals surface area contributed by atoms with Gasteiger partial charge in [-0.2, -0.15) is 0 Å². The van der Waals surface area contributed by atoms with Gasteiger partial charge in [-0.1, -0.05) is 86.6 Å². The van der Waals surface area contributed by atoms with Crippen molar-refractivity contribution >= 4 is 17.4 Å². The summed E-state index contributed by atoms with van der Waals surface area (Å²) in [5, 5.41) is 14.6. The lowest BCUT2D eigenvalue weighted by atomic mass is 10.0. The first-order valence-corrected chi connectivity index (χ1v) is 11.5. The zero-order valence-electron chi connectivity index (χ0n) is 18.7. The molecule has 5 nitrogen and oxygen atoms in total. The van der Waals surface area contributed by atoms with Crippen LogP contribution in [0.15, 0.2) is 59.8 Å². The topological polar surface area (TPSA) is 87.7 Å². The Morgan fingerprint density at radius 2 is 1.39 bits per heavy atom. The standard InChI is InChI=1S/C26H37N3O2/c1-2-24(25(27)29-31)26(30)28-23-19-17-22(18-20-23)16-10-7-5-3-4-6-9-13-21-14-11-8-12-15-21/h8,11-12,14-15,17-20,24,31H,2-7,9-10,13,16H2,1H3,(H2,27,29)(H,28,30). The third-order valence-electron chi connectivity index (χ3n) is 5.69. The molecule has 2 aromatic rings. The fourth-order valence-corrected chi connectivity index (χ4v) is 3.77. The highest BCUT2D eigenvalue weighted by atomic mass is 16.4. The van der Waals surface area contributed by atoms with Gasteiger partial charge in [0, 0.05) is 5.69 Å². The van der Waals surface area contributed by atoms with E-state index in [1.54, 1.807) is 0 Å². The zero-order valence-corrected chi connectivity index (χ0v) is 18.7. The molecule has 168 valence electrons. The summed E-state index contributed by atoms with van der Waals surface area (Å²) in [6.07, 6.45) is 11.7. The average molecular weight is 424 g/mol. The molecule has 0 spiro atoms. The van der Waals surface area contributed by atoms with Crippen LogP contribution in [0.3, 0.4) is 0 Å². The second-order valence-corrected chi connectivity index (χ2v) is 8.13. The molecule has 0 aliphatic heterocycles. The van der Waals surface area contributed by atoms with Crippen molar-refractivity contribution in [2.45, 2.75) is 71.1 Å². The molecular weight excluding hydrogens is 386 g/mol. The van der Waals surface area contributed by atoms with E-state index in [2.05, 4.69) is 52.9 Å². The maximum Gasteiger partial charge on any atom is 0.235 e. The fourth-order valence-electron chi connectivity index (χ4n) is 3.77. The lowest BCUT2D eigenvalue weighted by Crippen LogP contribution is -2.34. The molecule has 1 amide bonds. The van der Waals surface area contributed by atoms with Crippen LogP contribution in [0.25, 0.3) is 0 Å². The molecule has 1 atom stereocenters. The molecule has 1 unspecified atom stereocenters. The van der Waals surface area contributed by atoms with Crippen molar-refractivity contribution in [3.8, 4) is 0 Å². The molecule has 0 fully saturated rings. The van der Waals surface area contributed by atoms with Crippen LogP contribution in [-0.4, -0.2) is 17.0 Å². The second kappa shape index (κ2) is 14.2. The molecule has 0 heterocycles. The number of benzene rings is 2. The van der Waals surface area contributed by atoms with Crippen LogP contribution in [0.1, 0.15) is 69.4 Å². The van der Waals surface area contributed by atoms with Crippen molar-refractivity contribution in [3.63, 3.8) is 0 Å². The molecule has 0 bridgehead atoms. The van der Waals surface area contributed by atoms with Crippen molar-refractivity contribution in [2.24, 2.45) is 16.8 Å². The summed E-state index contributed by atoms with van der Waals surface area (Å²) < 4.78 is 0. The van der Waals surface area contributed by atoms with Crippen LogP contribution in [0.5, 0.6) is 0 Å². The summed E-state index contributed by atoms with van der Waals surface area (Å²) in [5.41, 5.74) is 9.04. The number of carbonyl (C=O) groups excluding carboxylic acids is 1. The van der Waals surface area contributed by atoms with Crippen LogP contribution in [0.4, 0.5) is 5.69 Å². The molecule has 0 aliphatic carbocycles. The SMILES string of the molecule is CCC(C(=O)Nc1ccc(CCCCCCCCCc2ccccc2)cc1)/C(N)=N/O. The molecule has 0 radical (unpaired) electrons. The van der Waals surface area contributed by atoms with Crippen LogP contribution >= 0.6 is 0 Å². The zero-order chi connectivity index (χ0) is 22.3. The minimum atomic E-state index is -0.622. The van der Waals surface area contributed by atoms with Gasteiger partial charge in [-0.3, -0.25) is 4.79 Å². The van der Waals surface area contributed by atoms with Crippen molar-refractivity contribution in [1.82, 2.24) is 0 Å². The number of rotatable bonds is 14. The molecule has 2 rings (SSSR count). The Hall–Kier alpha value is -2.82. The second-order valence-electron chi connectivity index (χ2n) is 8.13. The van der Waals surface area contributed by atoms with Crippen molar-refractivity contribution < 1.29 is 10.0 Å².